The lowest BCUT2D eigenvalue weighted by Crippen LogP contribution is -2.06. The van der Waals surface area contributed by atoms with Crippen LogP contribution in [0.25, 0.3) is 10.4 Å². The second-order valence-corrected chi connectivity index (χ2v) is 6.43. The molecular formula is C16H18ClNO2S. The maximum absolute atomic E-state index is 12.0. The van der Waals surface area contributed by atoms with Gasteiger partial charge in [-0.15, -0.1) is 11.3 Å². The molecule has 2 rings (SSSR count). The van der Waals surface area contributed by atoms with Gasteiger partial charge in [0.1, 0.15) is 4.88 Å². The number of thiophene rings is 1. The monoisotopic (exact) mass is 323 g/mol. The standard InChI is InChI=1S/C16H18ClNO2S/c1-4-20-16(19)15-13(18)12(9(2)3)14(21-15)10-5-7-11(17)8-6-10/h5-9H,4,18H2,1-3H3. The van der Waals surface area contributed by atoms with E-state index in [2.05, 4.69) is 13.8 Å². The fraction of sp³-hybridized carbons (Fsp3) is 0.312. The lowest BCUT2D eigenvalue weighted by Gasteiger charge is -2.09. The first-order valence-corrected chi connectivity index (χ1v) is 8.00. The van der Waals surface area contributed by atoms with Crippen LogP contribution in [0.5, 0.6) is 0 Å². The molecule has 0 spiro atoms. The van der Waals surface area contributed by atoms with E-state index in [0.29, 0.717) is 22.2 Å². The van der Waals surface area contributed by atoms with Gasteiger partial charge in [0.15, 0.2) is 0 Å². The Morgan fingerprint density at radius 3 is 2.48 bits per heavy atom. The van der Waals surface area contributed by atoms with Crippen molar-refractivity contribution in [1.29, 1.82) is 0 Å². The van der Waals surface area contributed by atoms with Crippen LogP contribution in [0.1, 0.15) is 41.9 Å². The third-order valence-corrected chi connectivity index (χ3v) is 4.63. The Hall–Kier alpha value is -1.52. The number of carbonyl (C=O) groups excluding carboxylic acids is 1. The summed E-state index contributed by atoms with van der Waals surface area (Å²) in [6.45, 7) is 6.24. The van der Waals surface area contributed by atoms with E-state index in [-0.39, 0.29) is 11.9 Å². The Balaban J connectivity index is 2.57. The van der Waals surface area contributed by atoms with Crippen molar-refractivity contribution in [3.05, 3.63) is 39.7 Å². The lowest BCUT2D eigenvalue weighted by molar-refractivity contribution is 0.0533. The maximum Gasteiger partial charge on any atom is 0.350 e. The van der Waals surface area contributed by atoms with E-state index >= 15 is 0 Å². The van der Waals surface area contributed by atoms with Crippen LogP contribution in [-0.4, -0.2) is 12.6 Å². The molecule has 3 nitrogen and oxygen atoms in total. The Labute approximate surface area is 133 Å². The van der Waals surface area contributed by atoms with Crippen LogP contribution < -0.4 is 5.73 Å². The van der Waals surface area contributed by atoms with Crippen LogP contribution in [0, 0.1) is 0 Å². The molecule has 1 aromatic carbocycles. The molecule has 0 amide bonds. The molecule has 0 atom stereocenters. The van der Waals surface area contributed by atoms with Crippen LogP contribution >= 0.6 is 22.9 Å². The van der Waals surface area contributed by atoms with Crippen LogP contribution in [0.3, 0.4) is 0 Å². The van der Waals surface area contributed by atoms with Crippen LogP contribution in [0.15, 0.2) is 24.3 Å². The molecule has 2 aromatic rings. The van der Waals surface area contributed by atoms with Crippen LogP contribution in [-0.2, 0) is 4.74 Å². The smallest absolute Gasteiger partial charge is 0.350 e. The lowest BCUT2D eigenvalue weighted by atomic mass is 9.98. The average Bonchev–Trinajstić information content (AvgIpc) is 2.77. The summed E-state index contributed by atoms with van der Waals surface area (Å²) < 4.78 is 5.08. The van der Waals surface area contributed by atoms with Gasteiger partial charge >= 0.3 is 5.97 Å². The summed E-state index contributed by atoms with van der Waals surface area (Å²) in [6, 6.07) is 7.55. The Kier molecular flexibility index (Phi) is 4.91. The Morgan fingerprint density at radius 1 is 1.33 bits per heavy atom. The van der Waals surface area contributed by atoms with E-state index < -0.39 is 0 Å². The molecule has 1 aromatic heterocycles. The van der Waals surface area contributed by atoms with Gasteiger partial charge in [-0.2, -0.15) is 0 Å². The molecular weight excluding hydrogens is 306 g/mol. The first-order chi connectivity index (χ1) is 9.95. The molecule has 5 heteroatoms. The van der Waals surface area contributed by atoms with Crippen molar-refractivity contribution < 1.29 is 9.53 Å². The molecule has 21 heavy (non-hydrogen) atoms. The molecule has 0 saturated carbocycles. The highest BCUT2D eigenvalue weighted by molar-refractivity contribution is 7.18. The molecule has 0 bridgehead atoms. The van der Waals surface area contributed by atoms with E-state index in [1.807, 2.05) is 24.3 Å². The minimum Gasteiger partial charge on any atom is -0.462 e. The minimum atomic E-state index is -0.359. The highest BCUT2D eigenvalue weighted by Gasteiger charge is 2.24. The van der Waals surface area contributed by atoms with E-state index in [4.69, 9.17) is 22.1 Å². The summed E-state index contributed by atoms with van der Waals surface area (Å²) in [6.07, 6.45) is 0. The maximum atomic E-state index is 12.0. The van der Waals surface area contributed by atoms with Gasteiger partial charge in [-0.25, -0.2) is 4.79 Å². The number of carbonyl (C=O) groups is 1. The fourth-order valence-corrected chi connectivity index (χ4v) is 3.60. The highest BCUT2D eigenvalue weighted by atomic mass is 35.5. The molecule has 0 unspecified atom stereocenters. The minimum absolute atomic E-state index is 0.218. The van der Waals surface area contributed by atoms with Gasteiger partial charge in [0, 0.05) is 9.90 Å². The summed E-state index contributed by atoms with van der Waals surface area (Å²) in [5.41, 5.74) is 8.71. The van der Waals surface area contributed by atoms with Crippen molar-refractivity contribution in [3.63, 3.8) is 0 Å². The van der Waals surface area contributed by atoms with E-state index in [9.17, 15) is 4.79 Å². The third kappa shape index (κ3) is 3.22. The fourth-order valence-electron chi connectivity index (χ4n) is 2.19. The van der Waals surface area contributed by atoms with Crippen molar-refractivity contribution in [2.75, 3.05) is 12.3 Å². The average molecular weight is 324 g/mol. The summed E-state index contributed by atoms with van der Waals surface area (Å²) in [5, 5.41) is 0.681. The van der Waals surface area contributed by atoms with Gasteiger partial charge in [0.2, 0.25) is 0 Å². The first kappa shape index (κ1) is 15.9. The largest absolute Gasteiger partial charge is 0.462 e. The zero-order valence-electron chi connectivity index (χ0n) is 12.3. The Morgan fingerprint density at radius 2 is 1.95 bits per heavy atom. The summed E-state index contributed by atoms with van der Waals surface area (Å²) in [5.74, 6) is -0.141. The topological polar surface area (TPSA) is 52.3 Å². The molecule has 0 aliphatic heterocycles. The number of hydrogen-bond acceptors (Lipinski definition) is 4. The van der Waals surface area contributed by atoms with Crippen molar-refractivity contribution >= 4 is 34.6 Å². The number of halogens is 1. The molecule has 0 radical (unpaired) electrons. The first-order valence-electron chi connectivity index (χ1n) is 6.80. The van der Waals surface area contributed by atoms with Gasteiger partial charge in [-0.3, -0.25) is 0 Å². The zero-order chi connectivity index (χ0) is 15.6. The highest BCUT2D eigenvalue weighted by Crippen LogP contribution is 2.43. The van der Waals surface area contributed by atoms with Crippen molar-refractivity contribution in [1.82, 2.24) is 0 Å². The van der Waals surface area contributed by atoms with Gasteiger partial charge in [0.25, 0.3) is 0 Å². The molecule has 0 saturated heterocycles. The van der Waals surface area contributed by atoms with Gasteiger partial charge in [0.05, 0.1) is 12.3 Å². The number of esters is 1. The SMILES string of the molecule is CCOC(=O)c1sc(-c2ccc(Cl)cc2)c(C(C)C)c1N. The number of ether oxygens (including phenoxy) is 1. The number of hydrogen-bond donors (Lipinski definition) is 1. The predicted molar refractivity (Wildman–Crippen MR) is 89.2 cm³/mol. The molecule has 0 aliphatic rings. The molecule has 112 valence electrons. The molecule has 0 fully saturated rings. The molecule has 2 N–H and O–H groups in total. The third-order valence-electron chi connectivity index (χ3n) is 3.13. The molecule has 0 aliphatic carbocycles. The summed E-state index contributed by atoms with van der Waals surface area (Å²) in [4.78, 5) is 13.5. The zero-order valence-corrected chi connectivity index (χ0v) is 13.8. The van der Waals surface area contributed by atoms with E-state index in [0.717, 1.165) is 16.0 Å². The van der Waals surface area contributed by atoms with Crippen LogP contribution in [0.4, 0.5) is 5.69 Å². The second kappa shape index (κ2) is 6.50. The van der Waals surface area contributed by atoms with Gasteiger partial charge < -0.3 is 10.5 Å². The van der Waals surface area contributed by atoms with E-state index in [1.54, 1.807) is 6.92 Å². The second-order valence-electron chi connectivity index (χ2n) is 4.97. The van der Waals surface area contributed by atoms with Crippen molar-refractivity contribution in [2.24, 2.45) is 0 Å². The number of nitrogen functional groups attached to an aromatic ring is 1. The van der Waals surface area contributed by atoms with Crippen molar-refractivity contribution in [2.45, 2.75) is 26.7 Å². The predicted octanol–water partition coefficient (Wildman–Crippen LogP) is 4.95. The normalized spacial score (nSPS) is 10.9. The van der Waals surface area contributed by atoms with Crippen LogP contribution in [0.2, 0.25) is 5.02 Å². The Bertz CT molecular complexity index is 647. The van der Waals surface area contributed by atoms with E-state index in [1.165, 1.54) is 11.3 Å². The number of nitrogens with two attached hydrogens (primary N) is 1. The molecule has 1 heterocycles. The number of benzene rings is 1. The number of rotatable bonds is 4. The van der Waals surface area contributed by atoms with Gasteiger partial charge in [-0.1, -0.05) is 37.6 Å². The van der Waals surface area contributed by atoms with Crippen molar-refractivity contribution in [3.8, 4) is 10.4 Å². The van der Waals surface area contributed by atoms with Gasteiger partial charge in [-0.05, 0) is 36.1 Å². The number of anilines is 1. The quantitative estimate of drug-likeness (QED) is 0.810. The summed E-state index contributed by atoms with van der Waals surface area (Å²) >= 11 is 7.31. The summed E-state index contributed by atoms with van der Waals surface area (Å²) in [7, 11) is 0.